The summed E-state index contributed by atoms with van der Waals surface area (Å²) in [6.45, 7) is 30.5. The van der Waals surface area contributed by atoms with Crippen molar-refractivity contribution in [2.75, 3.05) is 79.8 Å². The smallest absolute Gasteiger partial charge is 0.379 e. The van der Waals surface area contributed by atoms with Crippen molar-refractivity contribution in [1.82, 2.24) is 0 Å². The molecular weight excluding hydrogens is 1290 g/mol. The molecule has 6 aromatic rings. The maximum absolute atomic E-state index is 6.78. The first kappa shape index (κ1) is 83.6. The molecule has 0 saturated carbocycles. The van der Waals surface area contributed by atoms with Crippen LogP contribution in [0.1, 0.15) is 257 Å². The molecule has 0 radical (unpaired) electrons. The van der Waals surface area contributed by atoms with Crippen molar-refractivity contribution in [1.29, 1.82) is 0 Å². The van der Waals surface area contributed by atoms with Gasteiger partial charge in [0.15, 0.2) is 0 Å². The second-order valence-corrected chi connectivity index (χ2v) is 34.3. The maximum Gasteiger partial charge on any atom is 0.501 e. The molecule has 10 atom stereocenters. The number of aryl methyl sites for hydroxylation is 4. The topological polar surface area (TPSA) is 92.3 Å². The highest BCUT2D eigenvalue weighted by atomic mass is 28.4. The molecule has 10 nitrogen and oxygen atoms in total. The molecule has 0 N–H and O–H groups in total. The van der Waals surface area contributed by atoms with Gasteiger partial charge < -0.3 is 45.5 Å². The monoisotopic (exact) mass is 1420 g/mol. The van der Waals surface area contributed by atoms with Gasteiger partial charge in [-0.25, -0.2) is 0 Å². The van der Waals surface area contributed by atoms with Crippen LogP contribution in [0.15, 0.2) is 158 Å². The number of hydrogen-bond donors (Lipinski definition) is 0. The molecule has 0 amide bonds. The molecule has 8 rings (SSSR count). The van der Waals surface area contributed by atoms with E-state index in [2.05, 4.69) is 192 Å². The van der Waals surface area contributed by atoms with Gasteiger partial charge in [-0.05, 0) is 241 Å². The van der Waals surface area contributed by atoms with Crippen molar-refractivity contribution in [2.24, 2.45) is 11.8 Å². The fourth-order valence-corrected chi connectivity index (χ4v) is 20.5. The van der Waals surface area contributed by atoms with E-state index < -0.39 is 17.6 Å². The predicted octanol–water partition coefficient (Wildman–Crippen LogP) is 22.2. The average molecular weight is 1420 g/mol. The second kappa shape index (κ2) is 47.0. The first-order valence-corrected chi connectivity index (χ1v) is 43.8. The summed E-state index contributed by atoms with van der Waals surface area (Å²) in [6, 6.07) is 61.1. The van der Waals surface area contributed by atoms with Crippen molar-refractivity contribution >= 4 is 17.6 Å². The summed E-state index contributed by atoms with van der Waals surface area (Å²) in [5.41, 5.74) is 14.9. The summed E-state index contributed by atoms with van der Waals surface area (Å²) < 4.78 is 62.1. The minimum atomic E-state index is -2.72. The molecule has 0 heterocycles. The Labute approximate surface area is 616 Å². The van der Waals surface area contributed by atoms with Crippen LogP contribution in [0.5, 0.6) is 0 Å². The number of rotatable bonds is 53. The largest absolute Gasteiger partial charge is 0.501 e. The Morgan fingerprint density at radius 1 is 0.327 bits per heavy atom. The standard InChI is InChI=1S/C46H70O5Si.C43H64O5Si/c1-7-12-28-47-36-46(48-29-19-30-52(49-9-3,50-10-4)51-11-5)35-45(39-22-17-14-18-23-39)34-44(42-27-25-40-24-26-41(40)32-42)33-43(31-37(6)8-2)38-20-15-13-16-21-38;1-7-34(5)28-40(35-18-13-11-14-19-35)30-41(39-25-23-37-22-24-38(37)29-39)31-42(36-20-15-12-16-21-36)32-43(44-6)33-45-26-17-27-49(46-8-2,47-9-3)48-10-4/h13-18,20-23,25,27,32,37,43-46H,7-12,19,24,26,28-31,33-36H2,1-6H3;11-16,18-21,23,25,29,34,40-43H,7-10,17,22,24,26-28,30-33H2,1-6H3. The molecule has 558 valence electrons. The summed E-state index contributed by atoms with van der Waals surface area (Å²) in [4.78, 5) is 0. The molecule has 0 spiro atoms. The third-order valence-corrected chi connectivity index (χ3v) is 27.8. The normalized spacial score (nSPS) is 15.8. The molecule has 0 aromatic heterocycles. The molecule has 6 aromatic carbocycles. The van der Waals surface area contributed by atoms with E-state index in [1.165, 1.54) is 95.9 Å². The van der Waals surface area contributed by atoms with Gasteiger partial charge in [0.1, 0.15) is 0 Å². The highest BCUT2D eigenvalue weighted by molar-refractivity contribution is 6.61. The molecule has 2 aliphatic carbocycles. The van der Waals surface area contributed by atoms with E-state index in [0.717, 1.165) is 82.9 Å². The summed E-state index contributed by atoms with van der Waals surface area (Å²) in [7, 11) is -3.56. The van der Waals surface area contributed by atoms with Crippen molar-refractivity contribution in [3.63, 3.8) is 0 Å². The molecule has 0 bridgehead atoms. The first-order chi connectivity index (χ1) is 49.4. The van der Waals surface area contributed by atoms with Crippen molar-refractivity contribution in [3.05, 3.63) is 213 Å². The Morgan fingerprint density at radius 3 is 0.960 bits per heavy atom. The van der Waals surface area contributed by atoms with Gasteiger partial charge in [-0.3, -0.25) is 0 Å². The average Bonchev–Trinajstić information content (AvgIpc) is 0.803. The van der Waals surface area contributed by atoms with Crippen molar-refractivity contribution < 1.29 is 45.5 Å². The van der Waals surface area contributed by atoms with Gasteiger partial charge in [0.05, 0.1) is 25.4 Å². The van der Waals surface area contributed by atoms with Crippen LogP contribution < -0.4 is 0 Å². The van der Waals surface area contributed by atoms with Crippen LogP contribution in [-0.2, 0) is 71.2 Å². The summed E-state index contributed by atoms with van der Waals surface area (Å²) in [5.74, 6) is 3.96. The number of benzene rings is 6. The molecule has 0 aliphatic heterocycles. The van der Waals surface area contributed by atoms with Crippen LogP contribution in [-0.4, -0.2) is 110 Å². The fourth-order valence-electron chi connectivity index (χ4n) is 15.4. The highest BCUT2D eigenvalue weighted by Crippen LogP contribution is 2.45. The molecule has 0 fully saturated rings. The van der Waals surface area contributed by atoms with Gasteiger partial charge in [-0.15, -0.1) is 0 Å². The predicted molar refractivity (Wildman–Crippen MR) is 423 cm³/mol. The van der Waals surface area contributed by atoms with Gasteiger partial charge in [-0.2, -0.15) is 0 Å². The summed E-state index contributed by atoms with van der Waals surface area (Å²) in [5, 5.41) is 0. The van der Waals surface area contributed by atoms with E-state index in [9.17, 15) is 0 Å². The zero-order valence-electron chi connectivity index (χ0n) is 64.8. The fraction of sp³-hybridized carbons (Fsp3) is 0.596. The minimum Gasteiger partial charge on any atom is -0.379 e. The van der Waals surface area contributed by atoms with Gasteiger partial charge in [0, 0.05) is 78.7 Å². The number of methoxy groups -OCH3 is 1. The third kappa shape index (κ3) is 28.0. The molecule has 101 heavy (non-hydrogen) atoms. The molecule has 10 unspecified atom stereocenters. The second-order valence-electron chi connectivity index (χ2n) is 28.8. The van der Waals surface area contributed by atoms with Crippen LogP contribution in [0.3, 0.4) is 0 Å². The zero-order chi connectivity index (χ0) is 71.9. The van der Waals surface area contributed by atoms with E-state index in [1.807, 2.05) is 48.7 Å². The number of ether oxygens (including phenoxy) is 4. The SMILES string of the molecule is CCCCOCC(CC(CC(CC(CC(C)CC)c1ccccc1)c1ccc2c(c1)CC2)c1ccccc1)OCCC[Si](OCC)(OCC)OCC.CCO[Si](CCCOCC(CC(CC(CC(CC(C)CC)c1ccccc1)c1ccc2c(c1)CC2)c1ccccc1)OC)(OCC)OCC. The van der Waals surface area contributed by atoms with Gasteiger partial charge in [-0.1, -0.05) is 212 Å². The number of fused-ring (bicyclic) bond motifs is 2. The molecule has 0 saturated heterocycles. The lowest BCUT2D eigenvalue weighted by atomic mass is 9.74. The van der Waals surface area contributed by atoms with Gasteiger partial charge in [0.25, 0.3) is 0 Å². The van der Waals surface area contributed by atoms with Gasteiger partial charge >= 0.3 is 17.6 Å². The van der Waals surface area contributed by atoms with Crippen LogP contribution in [0, 0.1) is 11.8 Å². The van der Waals surface area contributed by atoms with Crippen LogP contribution in [0.4, 0.5) is 0 Å². The Kier molecular flexibility index (Phi) is 38.9. The van der Waals surface area contributed by atoms with Crippen LogP contribution in [0.2, 0.25) is 12.1 Å². The van der Waals surface area contributed by atoms with Crippen molar-refractivity contribution in [2.45, 2.75) is 252 Å². The lowest BCUT2D eigenvalue weighted by Gasteiger charge is -2.32. The molecule has 2 aliphatic rings. The minimum absolute atomic E-state index is 0.000359. The van der Waals surface area contributed by atoms with Crippen LogP contribution >= 0.6 is 0 Å². The Hall–Kier alpha value is -4.65. The van der Waals surface area contributed by atoms with E-state index in [4.69, 9.17) is 45.5 Å². The van der Waals surface area contributed by atoms with E-state index >= 15 is 0 Å². The first-order valence-electron chi connectivity index (χ1n) is 39.9. The van der Waals surface area contributed by atoms with Crippen molar-refractivity contribution in [3.8, 4) is 0 Å². The quantitative estimate of drug-likeness (QED) is 0.0272. The summed E-state index contributed by atoms with van der Waals surface area (Å²) >= 11 is 0. The Balaban J connectivity index is 0.000000284. The lowest BCUT2D eigenvalue weighted by Crippen LogP contribution is -2.46. The van der Waals surface area contributed by atoms with E-state index in [1.54, 1.807) is 11.1 Å². The third-order valence-electron chi connectivity index (χ3n) is 21.5. The number of unbranched alkanes of at least 4 members (excludes halogenated alkanes) is 1. The van der Waals surface area contributed by atoms with Gasteiger partial charge in [0.2, 0.25) is 0 Å². The van der Waals surface area contributed by atoms with E-state index in [-0.39, 0.29) is 12.2 Å². The molecular formula is C89H134O10Si2. The lowest BCUT2D eigenvalue weighted by molar-refractivity contribution is -0.0261. The Bertz CT molecular complexity index is 3070. The maximum atomic E-state index is 6.78. The molecule has 12 heteroatoms. The van der Waals surface area contributed by atoms with Crippen LogP contribution in [0.25, 0.3) is 0 Å². The highest BCUT2D eigenvalue weighted by Gasteiger charge is 2.41. The zero-order valence-corrected chi connectivity index (χ0v) is 66.8. The Morgan fingerprint density at radius 2 is 0.644 bits per heavy atom. The summed E-state index contributed by atoms with van der Waals surface area (Å²) in [6.07, 6.45) is 19.8. The number of hydrogen-bond acceptors (Lipinski definition) is 10. The van der Waals surface area contributed by atoms with E-state index in [0.29, 0.717) is 113 Å².